The van der Waals surface area contributed by atoms with E-state index in [1.165, 1.54) is 0 Å². The molecule has 1 unspecified atom stereocenters. The van der Waals surface area contributed by atoms with Crippen molar-refractivity contribution in [3.8, 4) is 0 Å². The summed E-state index contributed by atoms with van der Waals surface area (Å²) in [6, 6.07) is 0. The predicted octanol–water partition coefficient (Wildman–Crippen LogP) is 3.44. The maximum absolute atomic E-state index is 12.8. The largest absolute Gasteiger partial charge is 0.358 e. The SMILES string of the molecule is CC(S)OCC(=O)N1CCC(C2CCN(C(=O)C(C)(C)C(C)C)CC2)CC1. The second kappa shape index (κ2) is 9.64. The van der Waals surface area contributed by atoms with E-state index in [0.29, 0.717) is 23.7 Å². The fourth-order valence-electron chi connectivity index (χ4n) is 4.13. The Morgan fingerprint density at radius 2 is 1.41 bits per heavy atom. The Kier molecular flexibility index (Phi) is 8.05. The van der Waals surface area contributed by atoms with Crippen molar-refractivity contribution in [1.82, 2.24) is 9.80 Å². The van der Waals surface area contributed by atoms with Gasteiger partial charge >= 0.3 is 0 Å². The molecule has 6 heteroatoms. The summed E-state index contributed by atoms with van der Waals surface area (Å²) in [5, 5.41) is 0. The molecule has 1 atom stereocenters. The summed E-state index contributed by atoms with van der Waals surface area (Å²) >= 11 is 4.15. The number of nitrogens with zero attached hydrogens (tertiary/aromatic N) is 2. The third-order valence-electron chi connectivity index (χ3n) is 6.83. The Bertz CT molecular complexity index is 506. The smallest absolute Gasteiger partial charge is 0.248 e. The molecular formula is C21H38N2O3S. The van der Waals surface area contributed by atoms with Crippen LogP contribution in [0.1, 0.15) is 60.3 Å². The average Bonchev–Trinajstić information content (AvgIpc) is 2.65. The molecule has 27 heavy (non-hydrogen) atoms. The summed E-state index contributed by atoms with van der Waals surface area (Å²) in [7, 11) is 0. The molecular weight excluding hydrogens is 360 g/mol. The van der Waals surface area contributed by atoms with Gasteiger partial charge < -0.3 is 14.5 Å². The van der Waals surface area contributed by atoms with Crippen LogP contribution in [0.25, 0.3) is 0 Å². The summed E-state index contributed by atoms with van der Waals surface area (Å²) in [6.07, 6.45) is 4.33. The minimum Gasteiger partial charge on any atom is -0.358 e. The van der Waals surface area contributed by atoms with E-state index in [9.17, 15) is 9.59 Å². The van der Waals surface area contributed by atoms with Gasteiger partial charge in [0, 0.05) is 31.6 Å². The lowest BCUT2D eigenvalue weighted by molar-refractivity contribution is -0.145. The van der Waals surface area contributed by atoms with E-state index in [0.717, 1.165) is 51.9 Å². The first-order valence-corrected chi connectivity index (χ1v) is 11.0. The zero-order chi connectivity index (χ0) is 20.2. The van der Waals surface area contributed by atoms with Crippen LogP contribution < -0.4 is 0 Å². The highest BCUT2D eigenvalue weighted by molar-refractivity contribution is 7.80. The van der Waals surface area contributed by atoms with Crippen LogP contribution in [0, 0.1) is 23.2 Å². The van der Waals surface area contributed by atoms with Crippen molar-refractivity contribution >= 4 is 24.4 Å². The fraction of sp³-hybridized carbons (Fsp3) is 0.905. The van der Waals surface area contributed by atoms with Gasteiger partial charge in [-0.05, 0) is 50.4 Å². The number of hydrogen-bond donors (Lipinski definition) is 1. The molecule has 0 N–H and O–H groups in total. The topological polar surface area (TPSA) is 49.9 Å². The predicted molar refractivity (Wildman–Crippen MR) is 112 cm³/mol. The summed E-state index contributed by atoms with van der Waals surface area (Å²) in [4.78, 5) is 29.0. The van der Waals surface area contributed by atoms with Gasteiger partial charge in [-0.25, -0.2) is 0 Å². The summed E-state index contributed by atoms with van der Waals surface area (Å²) in [5.41, 5.74) is -0.495. The van der Waals surface area contributed by atoms with Crippen molar-refractivity contribution in [2.24, 2.45) is 23.2 Å². The molecule has 0 saturated carbocycles. The third-order valence-corrected chi connectivity index (χ3v) is 6.98. The molecule has 156 valence electrons. The van der Waals surface area contributed by atoms with Gasteiger partial charge in [0.05, 0.1) is 5.44 Å². The number of amides is 2. The quantitative estimate of drug-likeness (QED) is 0.551. The first-order valence-electron chi connectivity index (χ1n) is 10.5. The van der Waals surface area contributed by atoms with Crippen molar-refractivity contribution in [1.29, 1.82) is 0 Å². The zero-order valence-electron chi connectivity index (χ0n) is 17.7. The van der Waals surface area contributed by atoms with Gasteiger partial charge in [-0.3, -0.25) is 9.59 Å². The Morgan fingerprint density at radius 1 is 0.963 bits per heavy atom. The Hall–Kier alpha value is -0.750. The fourth-order valence-corrected chi connectivity index (χ4v) is 4.21. The molecule has 2 aliphatic heterocycles. The standard InChI is InChI=1S/C21H38N2O3S/c1-15(2)21(4,5)20(25)23-12-8-18(9-13-23)17-6-10-22(11-7-17)19(24)14-26-16(3)27/h15-18,27H,6-14H2,1-5H3. The molecule has 0 bridgehead atoms. The van der Waals surface area contributed by atoms with Crippen molar-refractivity contribution in [3.63, 3.8) is 0 Å². The molecule has 2 amide bonds. The van der Waals surface area contributed by atoms with Crippen molar-refractivity contribution in [3.05, 3.63) is 0 Å². The van der Waals surface area contributed by atoms with Crippen molar-refractivity contribution in [2.45, 2.75) is 65.7 Å². The molecule has 0 aromatic carbocycles. The van der Waals surface area contributed by atoms with E-state index in [1.807, 2.05) is 11.8 Å². The molecule has 2 rings (SSSR count). The average molecular weight is 399 g/mol. The van der Waals surface area contributed by atoms with Gasteiger partial charge in [-0.15, -0.1) is 12.6 Å². The number of piperidine rings is 2. The molecule has 0 aliphatic carbocycles. The molecule has 2 saturated heterocycles. The summed E-state index contributed by atoms with van der Waals surface area (Å²) in [6.45, 7) is 13.8. The maximum atomic E-state index is 12.8. The van der Waals surface area contributed by atoms with Gasteiger partial charge in [-0.1, -0.05) is 27.7 Å². The maximum Gasteiger partial charge on any atom is 0.248 e. The highest BCUT2D eigenvalue weighted by Gasteiger charge is 2.38. The van der Waals surface area contributed by atoms with Crippen LogP contribution in [0.3, 0.4) is 0 Å². The molecule has 5 nitrogen and oxygen atoms in total. The van der Waals surface area contributed by atoms with Gasteiger partial charge in [0.25, 0.3) is 0 Å². The van der Waals surface area contributed by atoms with Crippen LogP contribution in [0.15, 0.2) is 0 Å². The number of thiol groups is 1. The molecule has 0 spiro atoms. The highest BCUT2D eigenvalue weighted by atomic mass is 32.1. The van der Waals surface area contributed by atoms with Gasteiger partial charge in [0.15, 0.2) is 0 Å². The Morgan fingerprint density at radius 3 is 1.81 bits per heavy atom. The van der Waals surface area contributed by atoms with Crippen LogP contribution in [-0.4, -0.2) is 59.8 Å². The van der Waals surface area contributed by atoms with Crippen LogP contribution in [0.2, 0.25) is 0 Å². The minimum absolute atomic E-state index is 0.0747. The molecule has 0 aromatic rings. The lowest BCUT2D eigenvalue weighted by atomic mass is 9.76. The summed E-state index contributed by atoms with van der Waals surface area (Å²) in [5.74, 6) is 2.08. The van der Waals surface area contributed by atoms with Crippen molar-refractivity contribution in [2.75, 3.05) is 32.8 Å². The second-order valence-corrected chi connectivity index (χ2v) is 9.86. The number of carbonyl (C=O) groups is 2. The molecule has 2 heterocycles. The molecule has 2 fully saturated rings. The number of likely N-dealkylation sites (tertiary alicyclic amines) is 2. The van der Waals surface area contributed by atoms with E-state index in [2.05, 4.69) is 45.2 Å². The van der Waals surface area contributed by atoms with E-state index in [4.69, 9.17) is 4.74 Å². The van der Waals surface area contributed by atoms with E-state index >= 15 is 0 Å². The normalized spacial score (nSPS) is 21.6. The van der Waals surface area contributed by atoms with E-state index in [-0.39, 0.29) is 23.4 Å². The molecule has 2 aliphatic rings. The molecule has 0 aromatic heterocycles. The number of hydrogen-bond acceptors (Lipinski definition) is 4. The first kappa shape index (κ1) is 22.5. The number of carbonyl (C=O) groups excluding carboxylic acids is 2. The minimum atomic E-state index is -0.287. The van der Waals surface area contributed by atoms with E-state index in [1.54, 1.807) is 0 Å². The van der Waals surface area contributed by atoms with Crippen LogP contribution in [-0.2, 0) is 14.3 Å². The van der Waals surface area contributed by atoms with Gasteiger partial charge in [0.2, 0.25) is 11.8 Å². The van der Waals surface area contributed by atoms with Crippen LogP contribution in [0.4, 0.5) is 0 Å². The van der Waals surface area contributed by atoms with Crippen LogP contribution >= 0.6 is 12.6 Å². The zero-order valence-corrected chi connectivity index (χ0v) is 18.6. The van der Waals surface area contributed by atoms with Gasteiger partial charge in [0.1, 0.15) is 6.61 Å². The Balaban J connectivity index is 1.76. The molecule has 0 radical (unpaired) electrons. The van der Waals surface area contributed by atoms with Gasteiger partial charge in [-0.2, -0.15) is 0 Å². The lowest BCUT2D eigenvalue weighted by Gasteiger charge is -2.42. The second-order valence-electron chi connectivity index (χ2n) is 9.13. The van der Waals surface area contributed by atoms with Crippen LogP contribution in [0.5, 0.6) is 0 Å². The summed E-state index contributed by atoms with van der Waals surface area (Å²) < 4.78 is 5.31. The number of ether oxygens (including phenoxy) is 1. The first-order chi connectivity index (χ1) is 12.6. The van der Waals surface area contributed by atoms with Crippen molar-refractivity contribution < 1.29 is 14.3 Å². The monoisotopic (exact) mass is 398 g/mol. The lowest BCUT2D eigenvalue weighted by Crippen LogP contribution is -2.48. The highest BCUT2D eigenvalue weighted by Crippen LogP contribution is 2.35. The van der Waals surface area contributed by atoms with E-state index < -0.39 is 0 Å². The Labute approximate surface area is 170 Å². The number of rotatable bonds is 6. The third kappa shape index (κ3) is 5.86.